The average molecular weight is 466 g/mol. The number of nitrogens with zero attached hydrogens (tertiary/aromatic N) is 4. The molecular formula is C23H23N5O2S2. The molecule has 0 radical (unpaired) electrons. The zero-order valence-electron chi connectivity index (χ0n) is 18.0. The Morgan fingerprint density at radius 2 is 1.75 bits per heavy atom. The first-order valence-electron chi connectivity index (χ1n) is 10.1. The van der Waals surface area contributed by atoms with Gasteiger partial charge in [-0.1, -0.05) is 86.3 Å². The summed E-state index contributed by atoms with van der Waals surface area (Å²) in [7, 11) is 0. The summed E-state index contributed by atoms with van der Waals surface area (Å²) in [5.41, 5.74) is 3.25. The maximum absolute atomic E-state index is 12.3. The lowest BCUT2D eigenvalue weighted by Crippen LogP contribution is -2.22. The Labute approximate surface area is 194 Å². The Morgan fingerprint density at radius 3 is 2.47 bits per heavy atom. The normalized spacial score (nSPS) is 11.5. The van der Waals surface area contributed by atoms with Crippen LogP contribution in [-0.2, 0) is 17.7 Å². The number of aromatic nitrogens is 4. The molecular weight excluding hydrogens is 442 g/mol. The average Bonchev–Trinajstić information content (AvgIpc) is 3.46. The van der Waals surface area contributed by atoms with E-state index >= 15 is 0 Å². The lowest BCUT2D eigenvalue weighted by atomic mass is 9.87. The largest absolute Gasteiger partial charge is 0.411 e. The standard InChI is InChI=1S/C23H23N5O2S2/c1-23(2,3)17-11-9-16(10-12-17)20-26-28-22(30-20)31-14-18-25-27-21(32-18)19(29)24-13-15-7-5-4-6-8-15/h4-12H,13-14H2,1-3H3,(H,24,29). The third-order valence-electron chi connectivity index (χ3n) is 4.68. The van der Waals surface area contributed by atoms with E-state index in [2.05, 4.69) is 58.6 Å². The quantitative estimate of drug-likeness (QED) is 0.379. The van der Waals surface area contributed by atoms with Crippen LogP contribution in [0.25, 0.3) is 11.5 Å². The fraction of sp³-hybridized carbons (Fsp3) is 0.261. The van der Waals surface area contributed by atoms with Gasteiger partial charge in [0, 0.05) is 12.1 Å². The molecule has 0 aliphatic carbocycles. The molecule has 1 N–H and O–H groups in total. The number of carbonyl (C=O) groups is 1. The predicted molar refractivity (Wildman–Crippen MR) is 126 cm³/mol. The molecule has 0 unspecified atom stereocenters. The third-order valence-corrected chi connectivity index (χ3v) is 6.61. The number of rotatable bonds is 7. The molecule has 2 heterocycles. The van der Waals surface area contributed by atoms with Gasteiger partial charge in [-0.2, -0.15) is 0 Å². The molecule has 9 heteroatoms. The Bertz CT molecular complexity index is 1180. The molecule has 32 heavy (non-hydrogen) atoms. The summed E-state index contributed by atoms with van der Waals surface area (Å²) in [6.07, 6.45) is 0. The summed E-state index contributed by atoms with van der Waals surface area (Å²) < 4.78 is 5.78. The monoisotopic (exact) mass is 465 g/mol. The zero-order chi connectivity index (χ0) is 22.6. The number of amides is 1. The Kier molecular flexibility index (Phi) is 6.66. The second-order valence-corrected chi connectivity index (χ2v) is 10.1. The van der Waals surface area contributed by atoms with Gasteiger partial charge in [-0.25, -0.2) is 0 Å². The predicted octanol–water partition coefficient (Wildman–Crippen LogP) is 5.11. The summed E-state index contributed by atoms with van der Waals surface area (Å²) in [6, 6.07) is 17.9. The van der Waals surface area contributed by atoms with Gasteiger partial charge in [0.1, 0.15) is 5.01 Å². The van der Waals surface area contributed by atoms with Crippen LogP contribution in [-0.4, -0.2) is 26.3 Å². The fourth-order valence-electron chi connectivity index (χ4n) is 2.88. The van der Waals surface area contributed by atoms with E-state index in [4.69, 9.17) is 4.42 Å². The van der Waals surface area contributed by atoms with Crippen LogP contribution in [0, 0.1) is 0 Å². The highest BCUT2D eigenvalue weighted by molar-refractivity contribution is 7.98. The number of hydrogen-bond acceptors (Lipinski definition) is 8. The van der Waals surface area contributed by atoms with Crippen molar-refractivity contribution < 1.29 is 9.21 Å². The van der Waals surface area contributed by atoms with Crippen LogP contribution in [0.4, 0.5) is 0 Å². The summed E-state index contributed by atoms with van der Waals surface area (Å²) >= 11 is 2.63. The van der Waals surface area contributed by atoms with E-state index in [0.29, 0.717) is 33.4 Å². The van der Waals surface area contributed by atoms with Crippen molar-refractivity contribution in [2.75, 3.05) is 0 Å². The smallest absolute Gasteiger partial charge is 0.282 e. The van der Waals surface area contributed by atoms with Gasteiger partial charge in [-0.15, -0.1) is 20.4 Å². The number of hydrogen-bond donors (Lipinski definition) is 1. The molecule has 0 spiro atoms. The van der Waals surface area contributed by atoms with Gasteiger partial charge in [-0.3, -0.25) is 4.79 Å². The molecule has 0 bridgehead atoms. The molecule has 1 amide bonds. The van der Waals surface area contributed by atoms with Crippen LogP contribution in [0.15, 0.2) is 64.2 Å². The van der Waals surface area contributed by atoms with Crippen molar-refractivity contribution in [3.63, 3.8) is 0 Å². The number of thioether (sulfide) groups is 1. The summed E-state index contributed by atoms with van der Waals surface area (Å²) in [4.78, 5) is 12.3. The van der Waals surface area contributed by atoms with Gasteiger partial charge in [0.2, 0.25) is 10.9 Å². The lowest BCUT2D eigenvalue weighted by molar-refractivity contribution is 0.0950. The van der Waals surface area contributed by atoms with Crippen LogP contribution >= 0.6 is 23.1 Å². The van der Waals surface area contributed by atoms with Crippen LogP contribution < -0.4 is 5.32 Å². The lowest BCUT2D eigenvalue weighted by Gasteiger charge is -2.18. The van der Waals surface area contributed by atoms with Crippen LogP contribution in [0.1, 0.15) is 46.7 Å². The van der Waals surface area contributed by atoms with Crippen molar-refractivity contribution in [1.29, 1.82) is 0 Å². The van der Waals surface area contributed by atoms with Gasteiger partial charge in [-0.05, 0) is 28.7 Å². The molecule has 0 aliphatic rings. The van der Waals surface area contributed by atoms with Crippen molar-refractivity contribution in [1.82, 2.24) is 25.7 Å². The molecule has 0 aliphatic heterocycles. The number of carbonyl (C=O) groups excluding carboxylic acids is 1. The van der Waals surface area contributed by atoms with E-state index in [1.54, 1.807) is 0 Å². The number of nitrogens with one attached hydrogen (secondary N) is 1. The Hall–Kier alpha value is -3.04. The van der Waals surface area contributed by atoms with Crippen LogP contribution in [0.5, 0.6) is 0 Å². The molecule has 4 rings (SSSR count). The van der Waals surface area contributed by atoms with Crippen molar-refractivity contribution >= 4 is 29.0 Å². The molecule has 2 aromatic heterocycles. The van der Waals surface area contributed by atoms with Crippen LogP contribution in [0.2, 0.25) is 0 Å². The first kappa shape index (κ1) is 22.2. The van der Waals surface area contributed by atoms with Crippen LogP contribution in [0.3, 0.4) is 0 Å². The summed E-state index contributed by atoms with van der Waals surface area (Å²) in [6.45, 7) is 6.98. The van der Waals surface area contributed by atoms with Gasteiger partial charge < -0.3 is 9.73 Å². The van der Waals surface area contributed by atoms with Crippen molar-refractivity contribution in [3.8, 4) is 11.5 Å². The topological polar surface area (TPSA) is 93.8 Å². The maximum Gasteiger partial charge on any atom is 0.282 e. The van der Waals surface area contributed by atoms with E-state index in [-0.39, 0.29) is 11.3 Å². The maximum atomic E-state index is 12.3. The molecule has 7 nitrogen and oxygen atoms in total. The highest BCUT2D eigenvalue weighted by Crippen LogP contribution is 2.29. The van der Waals surface area contributed by atoms with E-state index in [1.807, 2.05) is 42.5 Å². The SMILES string of the molecule is CC(C)(C)c1ccc(-c2nnc(SCc3nnc(C(=O)NCc4ccccc4)s3)o2)cc1. The third kappa shape index (κ3) is 5.60. The highest BCUT2D eigenvalue weighted by Gasteiger charge is 2.16. The van der Waals surface area contributed by atoms with Crippen molar-refractivity contribution in [2.45, 2.75) is 43.7 Å². The number of benzene rings is 2. The molecule has 164 valence electrons. The second-order valence-electron chi connectivity index (χ2n) is 8.16. The van der Waals surface area contributed by atoms with Gasteiger partial charge in [0.25, 0.3) is 11.1 Å². The second kappa shape index (κ2) is 9.62. The first-order chi connectivity index (χ1) is 15.4. The minimum atomic E-state index is -0.235. The Balaban J connectivity index is 1.31. The molecule has 0 saturated carbocycles. The van der Waals surface area contributed by atoms with E-state index in [9.17, 15) is 4.79 Å². The van der Waals surface area contributed by atoms with E-state index in [0.717, 1.165) is 11.1 Å². The van der Waals surface area contributed by atoms with Crippen molar-refractivity contribution in [3.05, 3.63) is 75.7 Å². The first-order valence-corrected chi connectivity index (χ1v) is 11.9. The van der Waals surface area contributed by atoms with Crippen molar-refractivity contribution in [2.24, 2.45) is 0 Å². The molecule has 0 fully saturated rings. The fourth-order valence-corrected chi connectivity index (χ4v) is 4.38. The zero-order valence-corrected chi connectivity index (χ0v) is 19.7. The van der Waals surface area contributed by atoms with Gasteiger partial charge in [0.15, 0.2) is 0 Å². The van der Waals surface area contributed by atoms with E-state index in [1.165, 1.54) is 28.7 Å². The van der Waals surface area contributed by atoms with Gasteiger partial charge in [0.05, 0.1) is 5.75 Å². The minimum Gasteiger partial charge on any atom is -0.411 e. The van der Waals surface area contributed by atoms with E-state index < -0.39 is 0 Å². The molecule has 0 atom stereocenters. The highest BCUT2D eigenvalue weighted by atomic mass is 32.2. The molecule has 0 saturated heterocycles. The minimum absolute atomic E-state index is 0.0907. The molecule has 2 aromatic carbocycles. The van der Waals surface area contributed by atoms with Gasteiger partial charge >= 0.3 is 0 Å². The Morgan fingerprint density at radius 1 is 1.00 bits per heavy atom. The summed E-state index contributed by atoms with van der Waals surface area (Å²) in [5.74, 6) is 0.737. The molecule has 4 aromatic rings. The summed E-state index contributed by atoms with van der Waals surface area (Å²) in [5, 5.41) is 20.7.